The standard InChI is InChI=1S/C13H26N4/c1-5-15-13(10-14,12-6-7-12)11-17(4)9-8-16(2)3/h12,15H,5-9,11H2,1-4H3. The lowest BCUT2D eigenvalue weighted by atomic mass is 9.94. The lowest BCUT2D eigenvalue weighted by Crippen LogP contribution is -2.54. The second kappa shape index (κ2) is 6.34. The zero-order valence-electron chi connectivity index (χ0n) is 11.7. The van der Waals surface area contributed by atoms with Crippen LogP contribution in [0.25, 0.3) is 0 Å². The predicted molar refractivity (Wildman–Crippen MR) is 70.8 cm³/mol. The SMILES string of the molecule is CCNC(C#N)(CN(C)CCN(C)C)C1CC1. The molecule has 0 bridgehead atoms. The van der Waals surface area contributed by atoms with Gasteiger partial charge in [0, 0.05) is 19.6 Å². The van der Waals surface area contributed by atoms with Crippen molar-refractivity contribution in [2.24, 2.45) is 5.92 Å². The molecule has 98 valence electrons. The van der Waals surface area contributed by atoms with Gasteiger partial charge in [0.15, 0.2) is 0 Å². The summed E-state index contributed by atoms with van der Waals surface area (Å²) in [6, 6.07) is 2.53. The fraction of sp³-hybridized carbons (Fsp3) is 0.923. The van der Waals surface area contributed by atoms with Gasteiger partial charge < -0.3 is 9.80 Å². The number of rotatable bonds is 8. The third-order valence-electron chi connectivity index (χ3n) is 3.41. The number of likely N-dealkylation sites (N-methyl/N-ethyl adjacent to an activating group) is 3. The molecule has 1 fully saturated rings. The molecule has 0 saturated heterocycles. The molecule has 1 aliphatic rings. The van der Waals surface area contributed by atoms with Crippen LogP contribution in [0.4, 0.5) is 0 Å². The molecule has 4 heteroatoms. The maximum Gasteiger partial charge on any atom is 0.122 e. The van der Waals surface area contributed by atoms with Crippen molar-refractivity contribution in [2.75, 3.05) is 47.3 Å². The molecule has 0 aromatic heterocycles. The Morgan fingerprint density at radius 1 is 1.29 bits per heavy atom. The number of nitrogens with zero attached hydrogens (tertiary/aromatic N) is 3. The summed E-state index contributed by atoms with van der Waals surface area (Å²) in [6.07, 6.45) is 2.39. The van der Waals surface area contributed by atoms with Crippen molar-refractivity contribution in [2.45, 2.75) is 25.3 Å². The van der Waals surface area contributed by atoms with E-state index >= 15 is 0 Å². The maximum absolute atomic E-state index is 9.49. The molecule has 1 unspecified atom stereocenters. The van der Waals surface area contributed by atoms with Crippen LogP contribution in [0.2, 0.25) is 0 Å². The summed E-state index contributed by atoms with van der Waals surface area (Å²) in [4.78, 5) is 4.44. The molecular weight excluding hydrogens is 212 g/mol. The third kappa shape index (κ3) is 4.27. The van der Waals surface area contributed by atoms with Crippen LogP contribution in [0.15, 0.2) is 0 Å². The average Bonchev–Trinajstić information content (AvgIpc) is 3.09. The molecule has 1 saturated carbocycles. The quantitative estimate of drug-likeness (QED) is 0.678. The monoisotopic (exact) mass is 238 g/mol. The minimum absolute atomic E-state index is 0.324. The summed E-state index contributed by atoms with van der Waals surface area (Å²) >= 11 is 0. The number of nitriles is 1. The highest BCUT2D eigenvalue weighted by Crippen LogP contribution is 2.39. The fourth-order valence-electron chi connectivity index (χ4n) is 2.26. The second-order valence-corrected chi connectivity index (χ2v) is 5.43. The zero-order chi connectivity index (χ0) is 12.9. The van der Waals surface area contributed by atoms with Crippen LogP contribution in [0, 0.1) is 17.2 Å². The van der Waals surface area contributed by atoms with E-state index in [1.54, 1.807) is 0 Å². The Labute approximate surface area is 106 Å². The highest BCUT2D eigenvalue weighted by molar-refractivity contribution is 5.16. The first kappa shape index (κ1) is 14.4. The van der Waals surface area contributed by atoms with Gasteiger partial charge in [-0.25, -0.2) is 0 Å². The summed E-state index contributed by atoms with van der Waals surface area (Å²) in [6.45, 7) is 5.82. The molecule has 0 spiro atoms. The number of hydrogen-bond acceptors (Lipinski definition) is 4. The molecule has 0 aromatic rings. The molecule has 0 radical (unpaired) electrons. The normalized spacial score (nSPS) is 19.4. The van der Waals surface area contributed by atoms with Gasteiger partial charge in [-0.2, -0.15) is 5.26 Å². The Balaban J connectivity index is 2.51. The lowest BCUT2D eigenvalue weighted by molar-refractivity contribution is 0.213. The summed E-state index contributed by atoms with van der Waals surface area (Å²) in [7, 11) is 6.27. The van der Waals surface area contributed by atoms with Crippen molar-refractivity contribution >= 4 is 0 Å². The predicted octanol–water partition coefficient (Wildman–Crippen LogP) is 0.762. The Bertz CT molecular complexity index is 267. The van der Waals surface area contributed by atoms with E-state index in [1.165, 1.54) is 12.8 Å². The molecule has 0 aliphatic heterocycles. The van der Waals surface area contributed by atoms with E-state index in [9.17, 15) is 5.26 Å². The van der Waals surface area contributed by atoms with E-state index in [0.29, 0.717) is 5.92 Å². The molecule has 0 aromatic carbocycles. The van der Waals surface area contributed by atoms with E-state index < -0.39 is 0 Å². The number of hydrogen-bond donors (Lipinski definition) is 1. The lowest BCUT2D eigenvalue weighted by Gasteiger charge is -2.32. The first-order valence-corrected chi connectivity index (χ1v) is 6.53. The Morgan fingerprint density at radius 3 is 2.35 bits per heavy atom. The zero-order valence-corrected chi connectivity index (χ0v) is 11.7. The Morgan fingerprint density at radius 2 is 1.94 bits per heavy atom. The van der Waals surface area contributed by atoms with Gasteiger partial charge in [-0.15, -0.1) is 0 Å². The molecule has 1 rings (SSSR count). The van der Waals surface area contributed by atoms with Crippen molar-refractivity contribution in [3.8, 4) is 6.07 Å². The van der Waals surface area contributed by atoms with Crippen molar-refractivity contribution in [1.29, 1.82) is 5.26 Å². The first-order chi connectivity index (χ1) is 8.04. The van der Waals surface area contributed by atoms with Crippen LogP contribution in [0.5, 0.6) is 0 Å². The molecule has 1 aliphatic carbocycles. The van der Waals surface area contributed by atoms with E-state index in [4.69, 9.17) is 0 Å². The highest BCUT2D eigenvalue weighted by atomic mass is 15.2. The number of nitrogens with one attached hydrogen (secondary N) is 1. The summed E-state index contributed by atoms with van der Waals surface area (Å²) < 4.78 is 0. The van der Waals surface area contributed by atoms with Gasteiger partial charge >= 0.3 is 0 Å². The van der Waals surface area contributed by atoms with Crippen LogP contribution in [-0.4, -0.2) is 62.7 Å². The van der Waals surface area contributed by atoms with Gasteiger partial charge in [0.2, 0.25) is 0 Å². The van der Waals surface area contributed by atoms with E-state index in [-0.39, 0.29) is 5.54 Å². The van der Waals surface area contributed by atoms with Gasteiger partial charge in [-0.3, -0.25) is 5.32 Å². The molecule has 0 heterocycles. The van der Waals surface area contributed by atoms with Crippen LogP contribution >= 0.6 is 0 Å². The van der Waals surface area contributed by atoms with Crippen LogP contribution in [0.1, 0.15) is 19.8 Å². The van der Waals surface area contributed by atoms with Crippen molar-refractivity contribution in [1.82, 2.24) is 15.1 Å². The summed E-state index contributed by atoms with van der Waals surface area (Å²) in [5.41, 5.74) is -0.324. The van der Waals surface area contributed by atoms with Gasteiger partial charge in [0.05, 0.1) is 6.07 Å². The van der Waals surface area contributed by atoms with Crippen molar-refractivity contribution in [3.05, 3.63) is 0 Å². The second-order valence-electron chi connectivity index (χ2n) is 5.43. The molecule has 17 heavy (non-hydrogen) atoms. The van der Waals surface area contributed by atoms with Gasteiger partial charge in [0.1, 0.15) is 5.54 Å². The van der Waals surface area contributed by atoms with Gasteiger partial charge in [-0.1, -0.05) is 6.92 Å². The largest absolute Gasteiger partial charge is 0.308 e. The summed E-state index contributed by atoms with van der Waals surface area (Å²) in [5.74, 6) is 0.550. The van der Waals surface area contributed by atoms with E-state index in [1.807, 2.05) is 0 Å². The smallest absolute Gasteiger partial charge is 0.122 e. The minimum atomic E-state index is -0.324. The van der Waals surface area contributed by atoms with E-state index in [0.717, 1.165) is 26.2 Å². The maximum atomic E-state index is 9.49. The van der Waals surface area contributed by atoms with Crippen LogP contribution in [0.3, 0.4) is 0 Å². The van der Waals surface area contributed by atoms with Gasteiger partial charge in [0.25, 0.3) is 0 Å². The topological polar surface area (TPSA) is 42.3 Å². The fourth-order valence-corrected chi connectivity index (χ4v) is 2.26. The van der Waals surface area contributed by atoms with Crippen LogP contribution in [-0.2, 0) is 0 Å². The van der Waals surface area contributed by atoms with Crippen LogP contribution < -0.4 is 5.32 Å². The minimum Gasteiger partial charge on any atom is -0.308 e. The first-order valence-electron chi connectivity index (χ1n) is 6.53. The average molecular weight is 238 g/mol. The van der Waals surface area contributed by atoms with E-state index in [2.05, 4.69) is 49.3 Å². The molecule has 4 nitrogen and oxygen atoms in total. The molecular formula is C13H26N4. The third-order valence-corrected chi connectivity index (χ3v) is 3.41. The van der Waals surface area contributed by atoms with Crippen molar-refractivity contribution < 1.29 is 0 Å². The molecule has 1 N–H and O–H groups in total. The Hall–Kier alpha value is -0.630. The summed E-state index contributed by atoms with van der Waals surface area (Å²) in [5, 5.41) is 12.9. The molecule has 1 atom stereocenters. The Kier molecular flexibility index (Phi) is 5.38. The molecule has 0 amide bonds. The highest BCUT2D eigenvalue weighted by Gasteiger charge is 2.45. The van der Waals surface area contributed by atoms with Crippen molar-refractivity contribution in [3.63, 3.8) is 0 Å². The van der Waals surface area contributed by atoms with Gasteiger partial charge in [-0.05, 0) is 46.4 Å².